The summed E-state index contributed by atoms with van der Waals surface area (Å²) in [5.74, 6) is 0.450. The zero-order chi connectivity index (χ0) is 11.5. The fourth-order valence-corrected chi connectivity index (χ4v) is 1.49. The summed E-state index contributed by atoms with van der Waals surface area (Å²) < 4.78 is 10.5. The SMILES string of the molecule is CC1CCOCC1NC(=O)OC(C)(C)C. The van der Waals surface area contributed by atoms with Crippen molar-refractivity contribution in [1.82, 2.24) is 5.32 Å². The van der Waals surface area contributed by atoms with E-state index in [4.69, 9.17) is 9.47 Å². The molecular formula is C11H21NO3. The van der Waals surface area contributed by atoms with Gasteiger partial charge in [-0.15, -0.1) is 0 Å². The summed E-state index contributed by atoms with van der Waals surface area (Å²) in [4.78, 5) is 11.5. The van der Waals surface area contributed by atoms with Crippen LogP contribution in [0.15, 0.2) is 0 Å². The summed E-state index contributed by atoms with van der Waals surface area (Å²) in [6, 6.07) is 0.0774. The zero-order valence-corrected chi connectivity index (χ0v) is 10.0. The maximum Gasteiger partial charge on any atom is 0.407 e. The summed E-state index contributed by atoms with van der Waals surface area (Å²) in [5, 5.41) is 2.84. The van der Waals surface area contributed by atoms with Gasteiger partial charge in [-0.05, 0) is 33.1 Å². The van der Waals surface area contributed by atoms with Crippen molar-refractivity contribution in [2.24, 2.45) is 5.92 Å². The lowest BCUT2D eigenvalue weighted by molar-refractivity contribution is 0.0207. The van der Waals surface area contributed by atoms with Crippen molar-refractivity contribution < 1.29 is 14.3 Å². The Hall–Kier alpha value is -0.770. The molecule has 1 aliphatic rings. The van der Waals surface area contributed by atoms with E-state index in [2.05, 4.69) is 12.2 Å². The van der Waals surface area contributed by atoms with Crippen molar-refractivity contribution in [3.8, 4) is 0 Å². The standard InChI is InChI=1S/C11H21NO3/c1-8-5-6-14-7-9(8)12-10(13)15-11(2,3)4/h8-9H,5-7H2,1-4H3,(H,12,13). The van der Waals surface area contributed by atoms with Crippen molar-refractivity contribution in [2.45, 2.75) is 45.8 Å². The van der Waals surface area contributed by atoms with Gasteiger partial charge < -0.3 is 14.8 Å². The number of hydrogen-bond donors (Lipinski definition) is 1. The lowest BCUT2D eigenvalue weighted by atomic mass is 9.97. The van der Waals surface area contributed by atoms with E-state index in [1.54, 1.807) is 0 Å². The largest absolute Gasteiger partial charge is 0.444 e. The molecule has 1 fully saturated rings. The molecule has 1 rings (SSSR count). The van der Waals surface area contributed by atoms with E-state index in [9.17, 15) is 4.79 Å². The maximum atomic E-state index is 11.5. The molecule has 1 N–H and O–H groups in total. The topological polar surface area (TPSA) is 47.6 Å². The van der Waals surface area contributed by atoms with Gasteiger partial charge in [-0.2, -0.15) is 0 Å². The first kappa shape index (κ1) is 12.3. The molecule has 0 radical (unpaired) electrons. The first-order chi connectivity index (χ1) is 6.88. The van der Waals surface area contributed by atoms with Gasteiger partial charge in [0.05, 0.1) is 12.6 Å². The van der Waals surface area contributed by atoms with Crippen LogP contribution < -0.4 is 5.32 Å². The van der Waals surface area contributed by atoms with Gasteiger partial charge in [0.15, 0.2) is 0 Å². The molecule has 0 aliphatic carbocycles. The summed E-state index contributed by atoms with van der Waals surface area (Å²) in [5.41, 5.74) is -0.442. The van der Waals surface area contributed by atoms with Gasteiger partial charge in [0, 0.05) is 6.61 Å². The van der Waals surface area contributed by atoms with Crippen molar-refractivity contribution in [3.05, 3.63) is 0 Å². The van der Waals surface area contributed by atoms with Crippen molar-refractivity contribution in [2.75, 3.05) is 13.2 Å². The molecule has 0 saturated carbocycles. The zero-order valence-electron chi connectivity index (χ0n) is 10.0. The van der Waals surface area contributed by atoms with Crippen molar-refractivity contribution >= 4 is 6.09 Å². The number of nitrogens with one attached hydrogen (secondary N) is 1. The van der Waals surface area contributed by atoms with E-state index in [1.807, 2.05) is 20.8 Å². The Morgan fingerprint density at radius 3 is 2.67 bits per heavy atom. The molecule has 15 heavy (non-hydrogen) atoms. The average Bonchev–Trinajstić information content (AvgIpc) is 2.05. The number of amides is 1. The van der Waals surface area contributed by atoms with E-state index >= 15 is 0 Å². The predicted octanol–water partition coefficient (Wildman–Crippen LogP) is 1.94. The highest BCUT2D eigenvalue weighted by atomic mass is 16.6. The van der Waals surface area contributed by atoms with E-state index in [0.717, 1.165) is 13.0 Å². The van der Waals surface area contributed by atoms with Crippen LogP contribution in [0.3, 0.4) is 0 Å². The van der Waals surface area contributed by atoms with E-state index in [-0.39, 0.29) is 12.1 Å². The highest BCUT2D eigenvalue weighted by molar-refractivity contribution is 5.68. The Morgan fingerprint density at radius 1 is 1.47 bits per heavy atom. The molecule has 0 aromatic heterocycles. The van der Waals surface area contributed by atoms with Crippen LogP contribution in [0.2, 0.25) is 0 Å². The second-order valence-corrected chi connectivity index (χ2v) is 5.09. The van der Waals surface area contributed by atoms with E-state index in [0.29, 0.717) is 12.5 Å². The van der Waals surface area contributed by atoms with Crippen LogP contribution in [-0.2, 0) is 9.47 Å². The van der Waals surface area contributed by atoms with Crippen LogP contribution >= 0.6 is 0 Å². The van der Waals surface area contributed by atoms with Crippen LogP contribution in [0.4, 0.5) is 4.79 Å². The summed E-state index contributed by atoms with van der Waals surface area (Å²) in [6.07, 6.45) is 0.630. The van der Waals surface area contributed by atoms with Gasteiger partial charge in [0.25, 0.3) is 0 Å². The molecule has 0 aromatic carbocycles. The number of alkyl carbamates (subject to hydrolysis) is 1. The second-order valence-electron chi connectivity index (χ2n) is 5.09. The molecule has 1 amide bonds. The normalized spacial score (nSPS) is 27.2. The third-order valence-electron chi connectivity index (χ3n) is 2.40. The van der Waals surface area contributed by atoms with E-state index in [1.165, 1.54) is 0 Å². The average molecular weight is 215 g/mol. The van der Waals surface area contributed by atoms with Gasteiger partial charge in [-0.25, -0.2) is 4.79 Å². The first-order valence-electron chi connectivity index (χ1n) is 5.46. The fraction of sp³-hybridized carbons (Fsp3) is 0.909. The molecule has 0 bridgehead atoms. The molecule has 0 spiro atoms. The highest BCUT2D eigenvalue weighted by Crippen LogP contribution is 2.15. The minimum Gasteiger partial charge on any atom is -0.444 e. The molecule has 1 aliphatic heterocycles. The van der Waals surface area contributed by atoms with Gasteiger partial charge in [-0.3, -0.25) is 0 Å². The Kier molecular flexibility index (Phi) is 3.97. The molecule has 4 heteroatoms. The summed E-state index contributed by atoms with van der Waals surface area (Å²) in [7, 11) is 0. The number of rotatable bonds is 1. The number of carbonyl (C=O) groups excluding carboxylic acids is 1. The third-order valence-corrected chi connectivity index (χ3v) is 2.40. The fourth-order valence-electron chi connectivity index (χ4n) is 1.49. The number of carbonyl (C=O) groups is 1. The van der Waals surface area contributed by atoms with Gasteiger partial charge in [0.2, 0.25) is 0 Å². The van der Waals surface area contributed by atoms with Crippen LogP contribution in [0.1, 0.15) is 34.1 Å². The van der Waals surface area contributed by atoms with E-state index < -0.39 is 5.60 Å². The minimum absolute atomic E-state index is 0.0774. The second kappa shape index (κ2) is 4.84. The van der Waals surface area contributed by atoms with Gasteiger partial charge in [-0.1, -0.05) is 6.92 Å². The van der Waals surface area contributed by atoms with Crippen molar-refractivity contribution in [3.63, 3.8) is 0 Å². The predicted molar refractivity (Wildman–Crippen MR) is 57.8 cm³/mol. The monoisotopic (exact) mass is 215 g/mol. The molecule has 1 saturated heterocycles. The summed E-state index contributed by atoms with van der Waals surface area (Å²) >= 11 is 0. The van der Waals surface area contributed by atoms with Crippen LogP contribution in [-0.4, -0.2) is 30.9 Å². The summed E-state index contributed by atoms with van der Waals surface area (Å²) in [6.45, 7) is 9.05. The molecule has 88 valence electrons. The molecular weight excluding hydrogens is 194 g/mol. The number of hydrogen-bond acceptors (Lipinski definition) is 3. The Bertz CT molecular complexity index is 222. The van der Waals surface area contributed by atoms with Gasteiger partial charge >= 0.3 is 6.09 Å². The van der Waals surface area contributed by atoms with Crippen LogP contribution in [0.5, 0.6) is 0 Å². The van der Waals surface area contributed by atoms with Crippen LogP contribution in [0, 0.1) is 5.92 Å². The van der Waals surface area contributed by atoms with Crippen LogP contribution in [0.25, 0.3) is 0 Å². The molecule has 4 nitrogen and oxygen atoms in total. The Labute approximate surface area is 91.3 Å². The van der Waals surface area contributed by atoms with Gasteiger partial charge in [0.1, 0.15) is 5.60 Å². The lowest BCUT2D eigenvalue weighted by Gasteiger charge is -2.30. The smallest absolute Gasteiger partial charge is 0.407 e. The quantitative estimate of drug-likeness (QED) is 0.727. The van der Waals surface area contributed by atoms with Crippen molar-refractivity contribution in [1.29, 1.82) is 0 Å². The third kappa shape index (κ3) is 4.51. The Morgan fingerprint density at radius 2 is 2.13 bits per heavy atom. The minimum atomic E-state index is -0.442. The molecule has 2 unspecified atom stereocenters. The lowest BCUT2D eigenvalue weighted by Crippen LogP contribution is -2.47. The molecule has 2 atom stereocenters. The highest BCUT2D eigenvalue weighted by Gasteiger charge is 2.25. The molecule has 0 aromatic rings. The maximum absolute atomic E-state index is 11.5. The molecule has 1 heterocycles. The first-order valence-corrected chi connectivity index (χ1v) is 5.46. The Balaban J connectivity index is 2.36. The number of ether oxygens (including phenoxy) is 2.